The molecule has 0 heterocycles. The lowest BCUT2D eigenvalue weighted by Gasteiger charge is -2.28. The predicted molar refractivity (Wildman–Crippen MR) is 78.4 cm³/mol. The van der Waals surface area contributed by atoms with Crippen molar-refractivity contribution in [2.24, 2.45) is 5.92 Å². The first-order chi connectivity index (χ1) is 10.8. The summed E-state index contributed by atoms with van der Waals surface area (Å²) in [6.45, 7) is 0. The Kier molecular flexibility index (Phi) is 5.18. The van der Waals surface area contributed by atoms with Gasteiger partial charge in [0.25, 0.3) is 0 Å². The molecule has 2 rings (SSSR count). The van der Waals surface area contributed by atoms with Crippen LogP contribution in [0.5, 0.6) is 5.75 Å². The molecule has 0 radical (unpaired) electrons. The van der Waals surface area contributed by atoms with Gasteiger partial charge in [0.15, 0.2) is 6.04 Å². The zero-order valence-corrected chi connectivity index (χ0v) is 12.7. The van der Waals surface area contributed by atoms with Gasteiger partial charge in [0.2, 0.25) is 11.8 Å². The van der Waals surface area contributed by atoms with E-state index >= 15 is 0 Å². The molecule has 0 spiro atoms. The lowest BCUT2D eigenvalue weighted by atomic mass is 9.86. The van der Waals surface area contributed by atoms with Crippen molar-refractivity contribution in [3.8, 4) is 5.75 Å². The van der Waals surface area contributed by atoms with Gasteiger partial charge in [-0.25, -0.2) is 13.6 Å². The van der Waals surface area contributed by atoms with E-state index in [1.807, 2.05) is 0 Å². The van der Waals surface area contributed by atoms with E-state index in [1.165, 1.54) is 7.11 Å². The fourth-order valence-corrected chi connectivity index (χ4v) is 2.65. The normalized spacial score (nSPS) is 18.9. The van der Waals surface area contributed by atoms with Gasteiger partial charge in [-0.15, -0.1) is 0 Å². The van der Waals surface area contributed by atoms with Gasteiger partial charge in [0.05, 0.1) is 7.11 Å². The Balaban J connectivity index is 2.04. The summed E-state index contributed by atoms with van der Waals surface area (Å²) in [7, 11) is 1.49. The summed E-state index contributed by atoms with van der Waals surface area (Å²) in [5, 5.41) is 11.8. The van der Waals surface area contributed by atoms with Crippen molar-refractivity contribution in [1.82, 2.24) is 5.32 Å². The quantitative estimate of drug-likeness (QED) is 0.872. The van der Waals surface area contributed by atoms with Crippen LogP contribution in [0.25, 0.3) is 0 Å². The third kappa shape index (κ3) is 4.40. The third-order valence-electron chi connectivity index (χ3n) is 4.07. The molecular formula is C16H19F2NO4. The van der Waals surface area contributed by atoms with Crippen molar-refractivity contribution in [2.75, 3.05) is 7.11 Å². The van der Waals surface area contributed by atoms with Gasteiger partial charge in [-0.3, -0.25) is 4.79 Å². The van der Waals surface area contributed by atoms with Gasteiger partial charge >= 0.3 is 5.97 Å². The summed E-state index contributed by atoms with van der Waals surface area (Å²) in [5.41, 5.74) is 0.396. The van der Waals surface area contributed by atoms with Crippen LogP contribution in [-0.4, -0.2) is 30.0 Å². The van der Waals surface area contributed by atoms with Crippen LogP contribution in [0.2, 0.25) is 0 Å². The molecule has 0 unspecified atom stereocenters. The molecule has 1 aliphatic rings. The summed E-state index contributed by atoms with van der Waals surface area (Å²) >= 11 is 0. The predicted octanol–water partition coefficient (Wildman–Crippen LogP) is 2.76. The molecule has 1 aromatic rings. The standard InChI is InChI=1S/C16H19F2NO4/c1-23-12-4-2-10(3-5-12)13(15(21)22)19-14(20)11-6-8-16(17,18)9-7-11/h2-5,11,13H,6-9H2,1H3,(H,19,20)(H,21,22)/t13-/m0/s1. The van der Waals surface area contributed by atoms with Crippen LogP contribution in [-0.2, 0) is 9.59 Å². The highest BCUT2D eigenvalue weighted by molar-refractivity contribution is 5.85. The number of carbonyl (C=O) groups is 2. The van der Waals surface area contributed by atoms with Crippen molar-refractivity contribution >= 4 is 11.9 Å². The van der Waals surface area contributed by atoms with Gasteiger partial charge in [-0.1, -0.05) is 12.1 Å². The van der Waals surface area contributed by atoms with Gasteiger partial charge < -0.3 is 15.2 Å². The van der Waals surface area contributed by atoms with E-state index in [1.54, 1.807) is 24.3 Å². The Hall–Kier alpha value is -2.18. The fourth-order valence-electron chi connectivity index (χ4n) is 2.65. The zero-order chi connectivity index (χ0) is 17.0. The Morgan fingerprint density at radius 1 is 1.26 bits per heavy atom. The summed E-state index contributed by atoms with van der Waals surface area (Å²) in [5.74, 6) is -4.43. The van der Waals surface area contributed by atoms with Gasteiger partial charge in [0, 0.05) is 18.8 Å². The molecule has 23 heavy (non-hydrogen) atoms. The van der Waals surface area contributed by atoms with Crippen LogP contribution >= 0.6 is 0 Å². The topological polar surface area (TPSA) is 75.6 Å². The number of nitrogens with one attached hydrogen (secondary N) is 1. The van der Waals surface area contributed by atoms with Crippen LogP contribution in [0.15, 0.2) is 24.3 Å². The van der Waals surface area contributed by atoms with Crippen molar-refractivity contribution in [2.45, 2.75) is 37.6 Å². The molecule has 0 aliphatic heterocycles. The molecule has 1 aromatic carbocycles. The van der Waals surface area contributed by atoms with E-state index in [-0.39, 0.29) is 25.7 Å². The molecule has 2 N–H and O–H groups in total. The van der Waals surface area contributed by atoms with Crippen LogP contribution in [0, 0.1) is 5.92 Å². The fraction of sp³-hybridized carbons (Fsp3) is 0.500. The second-order valence-electron chi connectivity index (χ2n) is 5.68. The minimum atomic E-state index is -2.72. The summed E-state index contributed by atoms with van der Waals surface area (Å²) in [6, 6.07) is 5.08. The maximum absolute atomic E-state index is 13.1. The number of halogens is 2. The Morgan fingerprint density at radius 3 is 2.30 bits per heavy atom. The number of alkyl halides is 2. The first-order valence-electron chi connectivity index (χ1n) is 7.37. The van der Waals surface area contributed by atoms with E-state index in [0.717, 1.165) is 0 Å². The summed E-state index contributed by atoms with van der Waals surface area (Å²) < 4.78 is 31.3. The molecule has 5 nitrogen and oxygen atoms in total. The average molecular weight is 327 g/mol. The lowest BCUT2D eigenvalue weighted by Crippen LogP contribution is -2.40. The first-order valence-corrected chi connectivity index (χ1v) is 7.37. The van der Waals surface area contributed by atoms with Gasteiger partial charge in [0.1, 0.15) is 5.75 Å². The minimum Gasteiger partial charge on any atom is -0.497 e. The summed E-state index contributed by atoms with van der Waals surface area (Å²) in [6.07, 6.45) is -0.557. The van der Waals surface area contributed by atoms with Crippen molar-refractivity contribution in [1.29, 1.82) is 0 Å². The minimum absolute atomic E-state index is 0.0633. The second kappa shape index (κ2) is 6.93. The van der Waals surface area contributed by atoms with Crippen molar-refractivity contribution in [3.05, 3.63) is 29.8 Å². The number of hydrogen-bond acceptors (Lipinski definition) is 3. The molecule has 126 valence electrons. The highest BCUT2D eigenvalue weighted by Crippen LogP contribution is 2.36. The lowest BCUT2D eigenvalue weighted by molar-refractivity contribution is -0.143. The van der Waals surface area contributed by atoms with E-state index in [0.29, 0.717) is 11.3 Å². The smallest absolute Gasteiger partial charge is 0.330 e. The Labute approximate surface area is 132 Å². The van der Waals surface area contributed by atoms with Crippen LogP contribution in [0.4, 0.5) is 8.78 Å². The zero-order valence-electron chi connectivity index (χ0n) is 12.7. The number of methoxy groups -OCH3 is 1. The van der Waals surface area contributed by atoms with Crippen LogP contribution in [0.1, 0.15) is 37.3 Å². The number of carboxylic acid groups (broad SMARTS) is 1. The monoisotopic (exact) mass is 327 g/mol. The van der Waals surface area contributed by atoms with Crippen molar-refractivity contribution in [3.63, 3.8) is 0 Å². The molecular weight excluding hydrogens is 308 g/mol. The van der Waals surface area contributed by atoms with Crippen molar-refractivity contribution < 1.29 is 28.2 Å². The molecule has 1 aliphatic carbocycles. The van der Waals surface area contributed by atoms with E-state index in [2.05, 4.69) is 5.32 Å². The third-order valence-corrected chi connectivity index (χ3v) is 4.07. The Bertz CT molecular complexity index is 564. The highest BCUT2D eigenvalue weighted by atomic mass is 19.3. The number of carbonyl (C=O) groups excluding carboxylic acids is 1. The highest BCUT2D eigenvalue weighted by Gasteiger charge is 2.38. The first kappa shape index (κ1) is 17.2. The van der Waals surface area contributed by atoms with Gasteiger partial charge in [-0.2, -0.15) is 0 Å². The number of ether oxygens (including phenoxy) is 1. The SMILES string of the molecule is COc1ccc([C@H](NC(=O)C2CCC(F)(F)CC2)C(=O)O)cc1. The molecule has 0 saturated heterocycles. The summed E-state index contributed by atoms with van der Waals surface area (Å²) in [4.78, 5) is 23.6. The maximum Gasteiger partial charge on any atom is 0.330 e. The number of hydrogen-bond donors (Lipinski definition) is 2. The number of benzene rings is 1. The second-order valence-corrected chi connectivity index (χ2v) is 5.68. The molecule has 0 aromatic heterocycles. The molecule has 1 atom stereocenters. The van der Waals surface area contributed by atoms with Crippen LogP contribution < -0.4 is 10.1 Å². The average Bonchev–Trinajstić information content (AvgIpc) is 2.52. The Morgan fingerprint density at radius 2 is 1.83 bits per heavy atom. The molecule has 1 fully saturated rings. The largest absolute Gasteiger partial charge is 0.497 e. The van der Waals surface area contributed by atoms with Crippen LogP contribution in [0.3, 0.4) is 0 Å². The molecule has 1 amide bonds. The van der Waals surface area contributed by atoms with E-state index in [9.17, 15) is 23.5 Å². The number of aliphatic carboxylic acids is 1. The molecule has 7 heteroatoms. The molecule has 1 saturated carbocycles. The van der Waals surface area contributed by atoms with E-state index < -0.39 is 29.8 Å². The number of carboxylic acids is 1. The van der Waals surface area contributed by atoms with E-state index in [4.69, 9.17) is 4.74 Å². The number of rotatable bonds is 5. The number of amides is 1. The van der Waals surface area contributed by atoms with Gasteiger partial charge in [-0.05, 0) is 30.5 Å². The maximum atomic E-state index is 13.1. The molecule has 0 bridgehead atoms.